The average Bonchev–Trinajstić information content (AvgIpc) is 2.70. The largest absolute Gasteiger partial charge is 0.462 e. The third-order valence-electron chi connectivity index (χ3n) is 4.44. The summed E-state index contributed by atoms with van der Waals surface area (Å²) in [5.74, 6) is 0.999. The van der Waals surface area contributed by atoms with Crippen LogP contribution in [0.3, 0.4) is 0 Å². The zero-order chi connectivity index (χ0) is 18.9. The van der Waals surface area contributed by atoms with E-state index in [0.29, 0.717) is 23.9 Å². The fraction of sp³-hybridized carbons (Fsp3) is 0.381. The third kappa shape index (κ3) is 5.81. The van der Waals surface area contributed by atoms with Crippen molar-refractivity contribution in [1.29, 1.82) is 0 Å². The number of nitrogens with one attached hydrogen (secondary N) is 2. The summed E-state index contributed by atoms with van der Waals surface area (Å²) in [6.45, 7) is 3.00. The number of hydrogen-bond donors (Lipinski definition) is 2. The molecule has 2 aromatic rings. The highest BCUT2D eigenvalue weighted by Gasteiger charge is 2.07. The van der Waals surface area contributed by atoms with Crippen LogP contribution in [0.15, 0.2) is 48.2 Å². The fourth-order valence-electron chi connectivity index (χ4n) is 3.03. The molecule has 0 fully saturated rings. The molecule has 1 aliphatic rings. The van der Waals surface area contributed by atoms with Crippen LogP contribution in [0.25, 0.3) is 0 Å². The number of nitrogens with zero attached hydrogens (tertiary/aromatic N) is 2. The van der Waals surface area contributed by atoms with E-state index in [1.807, 2.05) is 18.2 Å². The number of ether oxygens (including phenoxy) is 1. The minimum atomic E-state index is -0.314. The molecule has 6 heteroatoms. The van der Waals surface area contributed by atoms with Gasteiger partial charge in [0.25, 0.3) is 0 Å². The lowest BCUT2D eigenvalue weighted by atomic mass is 9.97. The number of hydrogen-bond acceptors (Lipinski definition) is 6. The molecule has 0 atom stereocenters. The first-order chi connectivity index (χ1) is 13.2. The van der Waals surface area contributed by atoms with Crippen molar-refractivity contribution in [1.82, 2.24) is 9.97 Å². The molecule has 0 saturated carbocycles. The summed E-state index contributed by atoms with van der Waals surface area (Å²) in [6.07, 6.45) is 10.2. The minimum absolute atomic E-state index is 0.314. The number of benzene rings is 1. The molecule has 0 spiro atoms. The maximum atomic E-state index is 11.7. The van der Waals surface area contributed by atoms with Gasteiger partial charge in [-0.2, -0.15) is 4.98 Å². The van der Waals surface area contributed by atoms with Gasteiger partial charge in [0.2, 0.25) is 5.95 Å². The summed E-state index contributed by atoms with van der Waals surface area (Å²) in [4.78, 5) is 20.5. The smallest absolute Gasteiger partial charge is 0.338 e. The Bertz CT molecular complexity index is 787. The van der Waals surface area contributed by atoms with E-state index in [1.165, 1.54) is 31.3 Å². The maximum Gasteiger partial charge on any atom is 0.338 e. The number of carbonyl (C=O) groups excluding carboxylic acids is 1. The Kier molecular flexibility index (Phi) is 6.79. The summed E-state index contributed by atoms with van der Waals surface area (Å²) >= 11 is 0. The number of allylic oxidation sites excluding steroid dienone is 1. The molecule has 0 amide bonds. The van der Waals surface area contributed by atoms with Crippen LogP contribution in [0, 0.1) is 0 Å². The highest BCUT2D eigenvalue weighted by atomic mass is 16.5. The number of carbonyl (C=O) groups is 1. The van der Waals surface area contributed by atoms with E-state index < -0.39 is 0 Å². The molecule has 1 aromatic heterocycles. The van der Waals surface area contributed by atoms with Gasteiger partial charge in [-0.3, -0.25) is 0 Å². The molecular formula is C21H26N4O2. The van der Waals surface area contributed by atoms with Gasteiger partial charge in [0, 0.05) is 18.4 Å². The molecular weight excluding hydrogens is 340 g/mol. The van der Waals surface area contributed by atoms with E-state index in [2.05, 4.69) is 26.7 Å². The Morgan fingerprint density at radius 3 is 2.78 bits per heavy atom. The van der Waals surface area contributed by atoms with E-state index in [-0.39, 0.29) is 5.97 Å². The molecule has 0 aliphatic heterocycles. The highest BCUT2D eigenvalue weighted by molar-refractivity contribution is 5.89. The van der Waals surface area contributed by atoms with Crippen LogP contribution in [0.5, 0.6) is 0 Å². The Morgan fingerprint density at radius 2 is 2.04 bits per heavy atom. The van der Waals surface area contributed by atoms with Crippen LogP contribution in [0.1, 0.15) is 49.4 Å². The van der Waals surface area contributed by atoms with E-state index >= 15 is 0 Å². The van der Waals surface area contributed by atoms with E-state index in [1.54, 1.807) is 25.3 Å². The lowest BCUT2D eigenvalue weighted by Crippen LogP contribution is -2.08. The SMILES string of the molecule is CCOC(=O)c1ccc(Nc2ccnc(NCCC3=CCCCC3)n2)cc1. The summed E-state index contributed by atoms with van der Waals surface area (Å²) in [5.41, 5.74) is 2.91. The zero-order valence-electron chi connectivity index (χ0n) is 15.7. The van der Waals surface area contributed by atoms with Gasteiger partial charge in [0.1, 0.15) is 5.82 Å². The number of esters is 1. The Morgan fingerprint density at radius 1 is 1.19 bits per heavy atom. The van der Waals surface area contributed by atoms with Crippen molar-refractivity contribution in [3.8, 4) is 0 Å². The quantitative estimate of drug-likeness (QED) is 0.521. The lowest BCUT2D eigenvalue weighted by Gasteiger charge is -2.13. The van der Waals surface area contributed by atoms with Crippen LogP contribution >= 0.6 is 0 Å². The van der Waals surface area contributed by atoms with Gasteiger partial charge in [-0.1, -0.05) is 11.6 Å². The second-order valence-corrected chi connectivity index (χ2v) is 6.47. The Balaban J connectivity index is 1.54. The first kappa shape index (κ1) is 18.9. The van der Waals surface area contributed by atoms with Crippen molar-refractivity contribution in [3.05, 3.63) is 53.7 Å². The van der Waals surface area contributed by atoms with Crippen molar-refractivity contribution in [2.75, 3.05) is 23.8 Å². The van der Waals surface area contributed by atoms with E-state index in [4.69, 9.17) is 4.74 Å². The molecule has 1 aliphatic carbocycles. The van der Waals surface area contributed by atoms with Crippen molar-refractivity contribution in [2.24, 2.45) is 0 Å². The molecule has 0 unspecified atom stereocenters. The number of anilines is 3. The van der Waals surface area contributed by atoms with Gasteiger partial charge in [-0.05, 0) is 69.4 Å². The van der Waals surface area contributed by atoms with Crippen molar-refractivity contribution in [2.45, 2.75) is 39.0 Å². The Labute approximate surface area is 160 Å². The topological polar surface area (TPSA) is 76.1 Å². The van der Waals surface area contributed by atoms with Gasteiger partial charge in [-0.25, -0.2) is 9.78 Å². The van der Waals surface area contributed by atoms with Crippen molar-refractivity contribution < 1.29 is 9.53 Å². The maximum absolute atomic E-state index is 11.7. The van der Waals surface area contributed by atoms with E-state index in [0.717, 1.165) is 18.7 Å². The van der Waals surface area contributed by atoms with Gasteiger partial charge in [0.05, 0.1) is 12.2 Å². The van der Waals surface area contributed by atoms with Crippen LogP contribution in [-0.4, -0.2) is 29.1 Å². The van der Waals surface area contributed by atoms with E-state index in [9.17, 15) is 4.79 Å². The molecule has 3 rings (SSSR count). The molecule has 27 heavy (non-hydrogen) atoms. The predicted octanol–water partition coefficient (Wildman–Crippen LogP) is 4.70. The molecule has 1 aromatic carbocycles. The molecule has 0 radical (unpaired) electrons. The predicted molar refractivity (Wildman–Crippen MR) is 107 cm³/mol. The summed E-state index contributed by atoms with van der Waals surface area (Å²) in [5, 5.41) is 6.52. The molecule has 6 nitrogen and oxygen atoms in total. The first-order valence-electron chi connectivity index (χ1n) is 9.53. The minimum Gasteiger partial charge on any atom is -0.462 e. The number of aromatic nitrogens is 2. The summed E-state index contributed by atoms with van der Waals surface area (Å²) < 4.78 is 4.99. The Hall–Kier alpha value is -2.89. The van der Waals surface area contributed by atoms with Crippen molar-refractivity contribution >= 4 is 23.4 Å². The highest BCUT2D eigenvalue weighted by Crippen LogP contribution is 2.20. The molecule has 1 heterocycles. The van der Waals surface area contributed by atoms with Gasteiger partial charge in [0.15, 0.2) is 0 Å². The monoisotopic (exact) mass is 366 g/mol. The molecule has 0 saturated heterocycles. The normalized spacial score (nSPS) is 13.6. The van der Waals surface area contributed by atoms with Gasteiger partial charge < -0.3 is 15.4 Å². The lowest BCUT2D eigenvalue weighted by molar-refractivity contribution is 0.0526. The summed E-state index contributed by atoms with van der Waals surface area (Å²) in [7, 11) is 0. The summed E-state index contributed by atoms with van der Waals surface area (Å²) in [6, 6.07) is 8.94. The van der Waals surface area contributed by atoms with Crippen LogP contribution in [0.2, 0.25) is 0 Å². The number of rotatable bonds is 8. The first-order valence-corrected chi connectivity index (χ1v) is 9.53. The third-order valence-corrected chi connectivity index (χ3v) is 4.44. The standard InChI is InChI=1S/C21H26N4O2/c1-2-27-20(26)17-8-10-18(11-9-17)24-19-13-15-23-21(25-19)22-14-12-16-6-4-3-5-7-16/h6,8-11,13,15H,2-5,7,12,14H2,1H3,(H2,22,23,24,25). The second-order valence-electron chi connectivity index (χ2n) is 6.47. The zero-order valence-corrected chi connectivity index (χ0v) is 15.7. The fourth-order valence-corrected chi connectivity index (χ4v) is 3.03. The second kappa shape index (κ2) is 9.71. The van der Waals surface area contributed by atoms with Crippen molar-refractivity contribution in [3.63, 3.8) is 0 Å². The van der Waals surface area contributed by atoms with Gasteiger partial charge in [-0.15, -0.1) is 0 Å². The van der Waals surface area contributed by atoms with Gasteiger partial charge >= 0.3 is 5.97 Å². The van der Waals surface area contributed by atoms with Crippen LogP contribution < -0.4 is 10.6 Å². The van der Waals surface area contributed by atoms with Crippen LogP contribution in [-0.2, 0) is 4.74 Å². The average molecular weight is 366 g/mol. The van der Waals surface area contributed by atoms with Crippen LogP contribution in [0.4, 0.5) is 17.5 Å². The molecule has 2 N–H and O–H groups in total. The molecule has 0 bridgehead atoms. The molecule has 142 valence electrons.